The van der Waals surface area contributed by atoms with E-state index in [0.29, 0.717) is 55.3 Å². The summed E-state index contributed by atoms with van der Waals surface area (Å²) in [6.45, 7) is 6.33. The molecule has 35 heavy (non-hydrogen) atoms. The molecule has 1 aliphatic heterocycles. The lowest BCUT2D eigenvalue weighted by molar-refractivity contribution is -0.0858. The highest BCUT2D eigenvalue weighted by Crippen LogP contribution is 2.78. The standard InChI is InChI=1S/C28H35O6P/c1-26-15-21-16-27(2,18-26)20-28(17-21,19-26)35(29)33-24-9-5-3-7-22(24)31-13-11-30-12-14-32-23-8-4-6-10-25(23)34-35/h3-10,21H,11-20H2,1-2H3. The fraction of sp³-hybridized carbons (Fsp3) is 0.571. The second kappa shape index (κ2) is 8.45. The molecule has 0 radical (unpaired) electrons. The van der Waals surface area contributed by atoms with Gasteiger partial charge in [0.15, 0.2) is 23.0 Å². The molecule has 188 valence electrons. The molecule has 2 atom stereocenters. The summed E-state index contributed by atoms with van der Waals surface area (Å²) in [5.41, 5.74) is 0.307. The van der Waals surface area contributed by atoms with E-state index < -0.39 is 12.8 Å². The van der Waals surface area contributed by atoms with Gasteiger partial charge in [-0.2, -0.15) is 0 Å². The maximum absolute atomic E-state index is 15.3. The van der Waals surface area contributed by atoms with E-state index in [0.717, 1.165) is 19.3 Å². The Hall–Kier alpha value is -2.17. The molecule has 0 amide bonds. The molecule has 2 unspecified atom stereocenters. The third kappa shape index (κ3) is 4.23. The molecule has 0 saturated heterocycles. The summed E-state index contributed by atoms with van der Waals surface area (Å²) in [6.07, 6.45) is 6.15. The van der Waals surface area contributed by atoms with Gasteiger partial charge in [0.2, 0.25) is 0 Å². The first-order valence-corrected chi connectivity index (χ1v) is 14.3. The summed E-state index contributed by atoms with van der Waals surface area (Å²) < 4.78 is 46.1. The van der Waals surface area contributed by atoms with Crippen molar-refractivity contribution in [3.8, 4) is 23.0 Å². The Bertz CT molecular complexity index is 1070. The lowest BCUT2D eigenvalue weighted by atomic mass is 9.45. The monoisotopic (exact) mass is 498 g/mol. The number of hydrogen-bond acceptors (Lipinski definition) is 6. The smallest absolute Gasteiger partial charge is 0.437 e. The van der Waals surface area contributed by atoms with E-state index in [9.17, 15) is 0 Å². The minimum atomic E-state index is -3.73. The highest BCUT2D eigenvalue weighted by molar-refractivity contribution is 7.56. The Morgan fingerprint density at radius 1 is 0.686 bits per heavy atom. The van der Waals surface area contributed by atoms with Crippen LogP contribution in [0.2, 0.25) is 0 Å². The molecule has 4 aliphatic carbocycles. The number of rotatable bonds is 1. The van der Waals surface area contributed by atoms with Crippen LogP contribution in [0.4, 0.5) is 0 Å². The van der Waals surface area contributed by atoms with E-state index in [-0.39, 0.29) is 10.8 Å². The fourth-order valence-corrected chi connectivity index (χ4v) is 10.9. The molecule has 0 N–H and O–H groups in total. The average molecular weight is 499 g/mol. The van der Waals surface area contributed by atoms with Gasteiger partial charge in [-0.25, -0.2) is 4.57 Å². The number of ether oxygens (including phenoxy) is 3. The van der Waals surface area contributed by atoms with Crippen LogP contribution < -0.4 is 18.5 Å². The van der Waals surface area contributed by atoms with E-state index in [4.69, 9.17) is 23.3 Å². The third-order valence-corrected chi connectivity index (χ3v) is 10.8. The first-order valence-electron chi connectivity index (χ1n) is 12.8. The quantitative estimate of drug-likeness (QED) is 0.400. The zero-order valence-electron chi connectivity index (χ0n) is 20.7. The Kier molecular flexibility index (Phi) is 5.61. The highest BCUT2D eigenvalue weighted by atomic mass is 31.2. The molecule has 4 fully saturated rings. The molecule has 7 heteroatoms. The van der Waals surface area contributed by atoms with Crippen LogP contribution in [-0.4, -0.2) is 31.6 Å². The second-order valence-corrected chi connectivity index (χ2v) is 14.0. The minimum absolute atomic E-state index is 0.154. The number of fused-ring (bicyclic) bond motifs is 2. The molecule has 7 rings (SSSR count). The van der Waals surface area contributed by atoms with Crippen molar-refractivity contribution in [1.29, 1.82) is 0 Å². The fourth-order valence-electron chi connectivity index (χ4n) is 7.98. The second-order valence-electron chi connectivity index (χ2n) is 11.7. The van der Waals surface area contributed by atoms with Crippen LogP contribution in [0.5, 0.6) is 23.0 Å². The topological polar surface area (TPSA) is 63.2 Å². The van der Waals surface area contributed by atoms with Crippen molar-refractivity contribution >= 4 is 7.60 Å². The van der Waals surface area contributed by atoms with E-state index in [1.807, 2.05) is 48.5 Å². The Labute approximate surface area is 207 Å². The summed E-state index contributed by atoms with van der Waals surface area (Å²) in [6, 6.07) is 14.9. The van der Waals surface area contributed by atoms with Crippen LogP contribution in [0, 0.1) is 16.7 Å². The van der Waals surface area contributed by atoms with E-state index in [1.165, 1.54) is 19.3 Å². The van der Waals surface area contributed by atoms with Crippen LogP contribution >= 0.6 is 7.60 Å². The molecule has 0 spiro atoms. The molecule has 4 saturated carbocycles. The Morgan fingerprint density at radius 2 is 1.17 bits per heavy atom. The summed E-state index contributed by atoms with van der Waals surface area (Å²) in [4.78, 5) is 0. The first-order chi connectivity index (χ1) is 16.8. The maximum Gasteiger partial charge on any atom is 0.437 e. The van der Waals surface area contributed by atoms with E-state index in [1.54, 1.807) is 0 Å². The van der Waals surface area contributed by atoms with Crippen molar-refractivity contribution in [3.05, 3.63) is 48.5 Å². The molecule has 6 nitrogen and oxygen atoms in total. The van der Waals surface area contributed by atoms with Gasteiger partial charge in [-0.1, -0.05) is 38.1 Å². The molecular weight excluding hydrogens is 463 g/mol. The Balaban J connectivity index is 1.47. The number of benzene rings is 2. The molecule has 2 aromatic rings. The Morgan fingerprint density at radius 3 is 1.66 bits per heavy atom. The number of hydrogen-bond donors (Lipinski definition) is 0. The number of para-hydroxylation sites is 4. The van der Waals surface area contributed by atoms with Gasteiger partial charge in [0, 0.05) is 0 Å². The van der Waals surface area contributed by atoms with Crippen LogP contribution in [0.3, 0.4) is 0 Å². The van der Waals surface area contributed by atoms with Gasteiger partial charge < -0.3 is 23.3 Å². The molecule has 0 aromatic heterocycles. The van der Waals surface area contributed by atoms with Gasteiger partial charge in [0.25, 0.3) is 0 Å². The van der Waals surface area contributed by atoms with Crippen molar-refractivity contribution in [2.45, 2.75) is 57.5 Å². The van der Waals surface area contributed by atoms with Gasteiger partial charge in [0.1, 0.15) is 13.2 Å². The third-order valence-electron chi connectivity index (χ3n) is 8.28. The van der Waals surface area contributed by atoms with Crippen LogP contribution in [0.15, 0.2) is 48.5 Å². The van der Waals surface area contributed by atoms with Crippen molar-refractivity contribution in [1.82, 2.24) is 0 Å². The first kappa shape index (κ1) is 23.2. The maximum atomic E-state index is 15.3. The predicted octanol–water partition coefficient (Wildman–Crippen LogP) is 6.87. The van der Waals surface area contributed by atoms with Gasteiger partial charge in [0.05, 0.1) is 18.4 Å². The van der Waals surface area contributed by atoms with Gasteiger partial charge in [-0.05, 0) is 79.5 Å². The summed E-state index contributed by atoms with van der Waals surface area (Å²) in [7, 11) is -3.73. The normalized spacial score (nSPS) is 35.8. The zero-order valence-corrected chi connectivity index (χ0v) is 21.6. The van der Waals surface area contributed by atoms with Crippen LogP contribution in [0.1, 0.15) is 52.4 Å². The predicted molar refractivity (Wildman–Crippen MR) is 134 cm³/mol. The van der Waals surface area contributed by atoms with Crippen LogP contribution in [0.25, 0.3) is 0 Å². The van der Waals surface area contributed by atoms with Crippen molar-refractivity contribution in [2.75, 3.05) is 26.4 Å². The lowest BCUT2D eigenvalue weighted by Gasteiger charge is -2.65. The van der Waals surface area contributed by atoms with Crippen molar-refractivity contribution in [3.63, 3.8) is 0 Å². The van der Waals surface area contributed by atoms with Gasteiger partial charge >= 0.3 is 7.60 Å². The van der Waals surface area contributed by atoms with Gasteiger partial charge in [-0.15, -0.1) is 0 Å². The molecule has 1 heterocycles. The minimum Gasteiger partial charge on any atom is -0.487 e. The summed E-state index contributed by atoms with van der Waals surface area (Å²) >= 11 is 0. The van der Waals surface area contributed by atoms with Crippen LogP contribution in [-0.2, 0) is 9.30 Å². The molecular formula is C28H35O6P. The SMILES string of the molecule is CC12CC3CC(C)(C1)CC(P1(=O)Oc4ccccc4OCCOCCOc4ccccc4O1)(C3)C2. The highest BCUT2D eigenvalue weighted by Gasteiger charge is 2.69. The van der Waals surface area contributed by atoms with E-state index >= 15 is 4.57 Å². The average Bonchev–Trinajstić information content (AvgIpc) is 2.77. The van der Waals surface area contributed by atoms with Crippen molar-refractivity contribution < 1.29 is 27.8 Å². The lowest BCUT2D eigenvalue weighted by Crippen LogP contribution is -2.59. The van der Waals surface area contributed by atoms with E-state index in [2.05, 4.69) is 13.8 Å². The van der Waals surface area contributed by atoms with Crippen molar-refractivity contribution in [2.24, 2.45) is 16.7 Å². The summed E-state index contributed by atoms with van der Waals surface area (Å²) in [5.74, 6) is 2.57. The zero-order chi connectivity index (χ0) is 24.2. The summed E-state index contributed by atoms with van der Waals surface area (Å²) in [5, 5.41) is -0.545. The molecule has 5 aliphatic rings. The molecule has 2 aromatic carbocycles. The van der Waals surface area contributed by atoms with Gasteiger partial charge in [-0.3, -0.25) is 0 Å². The largest absolute Gasteiger partial charge is 0.487 e. The molecule has 4 bridgehead atoms.